The van der Waals surface area contributed by atoms with E-state index in [4.69, 9.17) is 9.97 Å². The van der Waals surface area contributed by atoms with E-state index in [1.165, 1.54) is 10.8 Å². The van der Waals surface area contributed by atoms with Crippen molar-refractivity contribution in [3.63, 3.8) is 0 Å². The van der Waals surface area contributed by atoms with Crippen molar-refractivity contribution in [2.75, 3.05) is 0 Å². The van der Waals surface area contributed by atoms with Gasteiger partial charge in [0.05, 0.1) is 27.8 Å². The summed E-state index contributed by atoms with van der Waals surface area (Å²) >= 11 is 1.64. The van der Waals surface area contributed by atoms with Gasteiger partial charge >= 0.3 is 0 Å². The number of hydrogen-bond acceptors (Lipinski definition) is 4. The van der Waals surface area contributed by atoms with Crippen LogP contribution in [-0.4, -0.2) is 24.1 Å². The van der Waals surface area contributed by atoms with Gasteiger partial charge in [-0.3, -0.25) is 9.55 Å². The van der Waals surface area contributed by atoms with Crippen LogP contribution in [0.5, 0.6) is 0 Å². The van der Waals surface area contributed by atoms with E-state index in [1.807, 2.05) is 30.5 Å². The number of benzene rings is 3. The molecule has 0 spiro atoms. The van der Waals surface area contributed by atoms with Crippen LogP contribution in [-0.2, 0) is 0 Å². The molecule has 5 heterocycles. The first-order valence-electron chi connectivity index (χ1n) is 12.1. The predicted octanol–water partition coefficient (Wildman–Crippen LogP) is 7.79. The van der Waals surface area contributed by atoms with Gasteiger partial charge in [-0.2, -0.15) is 0 Å². The van der Waals surface area contributed by atoms with Crippen LogP contribution in [0.2, 0.25) is 0 Å². The minimum Gasteiger partial charge on any atom is -0.316 e. The van der Waals surface area contributed by atoms with Crippen LogP contribution in [0.3, 0.4) is 0 Å². The van der Waals surface area contributed by atoms with Crippen molar-refractivity contribution in [1.82, 2.24) is 24.1 Å². The van der Waals surface area contributed by atoms with Gasteiger partial charge in [0.25, 0.3) is 0 Å². The Labute approximate surface area is 215 Å². The molecule has 0 aliphatic carbocycles. The number of pyridine rings is 1. The first kappa shape index (κ1) is 20.4. The molecular weight excluding hydrogens is 474 g/mol. The Hall–Kier alpha value is -4.81. The zero-order valence-electron chi connectivity index (χ0n) is 19.6. The SMILES string of the molecule is c1ccc(-n2ccc3c2ccc2c4ccccc4n(-c4nc(-c5ccccn5)c5cscc5n4)c23)cc1. The van der Waals surface area contributed by atoms with E-state index >= 15 is 0 Å². The third-order valence-electron chi connectivity index (χ3n) is 6.97. The molecule has 37 heavy (non-hydrogen) atoms. The lowest BCUT2D eigenvalue weighted by Crippen LogP contribution is -2.03. The van der Waals surface area contributed by atoms with Crippen LogP contribution in [0.4, 0.5) is 0 Å². The molecule has 8 rings (SSSR count). The normalized spacial score (nSPS) is 11.8. The fourth-order valence-corrected chi connectivity index (χ4v) is 6.09. The van der Waals surface area contributed by atoms with Crippen molar-refractivity contribution in [3.8, 4) is 23.0 Å². The average molecular weight is 494 g/mol. The molecule has 174 valence electrons. The maximum Gasteiger partial charge on any atom is 0.235 e. The molecule has 0 fully saturated rings. The molecule has 0 N–H and O–H groups in total. The van der Waals surface area contributed by atoms with E-state index in [-0.39, 0.29) is 0 Å². The Kier molecular flexibility index (Phi) is 4.32. The molecule has 0 amide bonds. The van der Waals surface area contributed by atoms with E-state index in [0.29, 0.717) is 5.95 Å². The summed E-state index contributed by atoms with van der Waals surface area (Å²) in [4.78, 5) is 14.8. The monoisotopic (exact) mass is 493 g/mol. The van der Waals surface area contributed by atoms with Gasteiger partial charge in [0.2, 0.25) is 5.95 Å². The molecular formula is C31H19N5S. The van der Waals surface area contributed by atoms with Crippen LogP contribution in [0.25, 0.3) is 66.6 Å². The number of nitrogens with zero attached hydrogens (tertiary/aromatic N) is 5. The first-order valence-corrected chi connectivity index (χ1v) is 13.1. The van der Waals surface area contributed by atoms with Gasteiger partial charge in [-0.05, 0) is 42.5 Å². The summed E-state index contributed by atoms with van der Waals surface area (Å²) in [6.07, 6.45) is 3.95. The van der Waals surface area contributed by atoms with Crippen molar-refractivity contribution in [2.24, 2.45) is 0 Å². The summed E-state index contributed by atoms with van der Waals surface area (Å²) in [6, 6.07) is 31.5. The third-order valence-corrected chi connectivity index (χ3v) is 7.70. The lowest BCUT2D eigenvalue weighted by Gasteiger charge is -2.10. The molecule has 0 bridgehead atoms. The second-order valence-corrected chi connectivity index (χ2v) is 9.77. The lowest BCUT2D eigenvalue weighted by molar-refractivity contribution is 1.01. The smallest absolute Gasteiger partial charge is 0.235 e. The van der Waals surface area contributed by atoms with Gasteiger partial charge in [0.1, 0.15) is 5.69 Å². The Morgan fingerprint density at radius 3 is 2.38 bits per heavy atom. The summed E-state index contributed by atoms with van der Waals surface area (Å²) < 4.78 is 4.45. The van der Waals surface area contributed by atoms with Gasteiger partial charge in [-0.1, -0.05) is 48.5 Å². The quantitative estimate of drug-likeness (QED) is 0.252. The van der Waals surface area contributed by atoms with Crippen LogP contribution in [0, 0.1) is 0 Å². The number of fused-ring (bicyclic) bond motifs is 6. The molecule has 6 heteroatoms. The van der Waals surface area contributed by atoms with E-state index < -0.39 is 0 Å². The average Bonchev–Trinajstić information content (AvgIpc) is 3.69. The lowest BCUT2D eigenvalue weighted by atomic mass is 10.1. The molecule has 3 aromatic carbocycles. The molecule has 0 saturated carbocycles. The highest BCUT2D eigenvalue weighted by Crippen LogP contribution is 2.38. The highest BCUT2D eigenvalue weighted by atomic mass is 32.1. The third kappa shape index (κ3) is 3.00. The fraction of sp³-hybridized carbons (Fsp3) is 0. The predicted molar refractivity (Wildman–Crippen MR) is 152 cm³/mol. The zero-order chi connectivity index (χ0) is 24.3. The Bertz CT molecular complexity index is 2090. The summed E-state index contributed by atoms with van der Waals surface area (Å²) in [5, 5.41) is 8.73. The maximum atomic E-state index is 5.15. The number of thiophene rings is 1. The second kappa shape index (κ2) is 7.85. The molecule has 0 radical (unpaired) electrons. The van der Waals surface area contributed by atoms with Crippen molar-refractivity contribution in [1.29, 1.82) is 0 Å². The Balaban J connectivity index is 1.50. The zero-order valence-corrected chi connectivity index (χ0v) is 20.4. The highest BCUT2D eigenvalue weighted by Gasteiger charge is 2.20. The van der Waals surface area contributed by atoms with Crippen molar-refractivity contribution >= 4 is 54.9 Å². The summed E-state index contributed by atoms with van der Waals surface area (Å²) in [7, 11) is 0. The van der Waals surface area contributed by atoms with Gasteiger partial charge in [0, 0.05) is 50.4 Å². The molecule has 8 aromatic rings. The molecule has 5 nitrogen and oxygen atoms in total. The molecule has 0 atom stereocenters. The Morgan fingerprint density at radius 1 is 0.622 bits per heavy atom. The minimum absolute atomic E-state index is 0.651. The topological polar surface area (TPSA) is 48.5 Å². The van der Waals surface area contributed by atoms with Crippen LogP contribution < -0.4 is 0 Å². The molecule has 0 unspecified atom stereocenters. The number of hydrogen-bond donors (Lipinski definition) is 0. The van der Waals surface area contributed by atoms with Crippen molar-refractivity contribution in [2.45, 2.75) is 0 Å². The van der Waals surface area contributed by atoms with Gasteiger partial charge in [-0.15, -0.1) is 11.3 Å². The van der Waals surface area contributed by atoms with Gasteiger partial charge in [0.15, 0.2) is 0 Å². The maximum absolute atomic E-state index is 5.15. The summed E-state index contributed by atoms with van der Waals surface area (Å²) in [5.41, 5.74) is 7.08. The number of rotatable bonds is 3. The summed E-state index contributed by atoms with van der Waals surface area (Å²) in [5.74, 6) is 0.651. The van der Waals surface area contributed by atoms with E-state index in [2.05, 4.69) is 97.8 Å². The van der Waals surface area contributed by atoms with Crippen LogP contribution in [0.1, 0.15) is 0 Å². The number of para-hydroxylation sites is 2. The number of aromatic nitrogens is 5. The van der Waals surface area contributed by atoms with Crippen LogP contribution in [0.15, 0.2) is 114 Å². The Morgan fingerprint density at radius 2 is 1.49 bits per heavy atom. The molecule has 5 aromatic heterocycles. The van der Waals surface area contributed by atoms with E-state index in [0.717, 1.165) is 49.9 Å². The van der Waals surface area contributed by atoms with Crippen LogP contribution >= 0.6 is 11.3 Å². The largest absolute Gasteiger partial charge is 0.316 e. The van der Waals surface area contributed by atoms with Gasteiger partial charge in [-0.25, -0.2) is 9.97 Å². The molecule has 0 saturated heterocycles. The highest BCUT2D eigenvalue weighted by molar-refractivity contribution is 7.09. The van der Waals surface area contributed by atoms with Gasteiger partial charge < -0.3 is 4.57 Å². The fourth-order valence-electron chi connectivity index (χ4n) is 5.34. The van der Waals surface area contributed by atoms with E-state index in [1.54, 1.807) is 11.3 Å². The standard InChI is InChI=1S/C31H19N5S/c1-2-8-20(9-3-1)35-17-15-23-27(35)14-13-22-21-10-4-5-12-28(21)36(30(22)23)31-33-26-19-37-18-24(26)29(34-31)25-11-6-7-16-32-25/h1-19H. The first-order chi connectivity index (χ1) is 18.4. The van der Waals surface area contributed by atoms with Crippen molar-refractivity contribution < 1.29 is 0 Å². The minimum atomic E-state index is 0.651. The summed E-state index contributed by atoms with van der Waals surface area (Å²) in [6.45, 7) is 0. The second-order valence-electron chi connectivity index (χ2n) is 9.03. The molecule has 0 aliphatic heterocycles. The molecule has 0 aliphatic rings. The van der Waals surface area contributed by atoms with E-state index in [9.17, 15) is 0 Å². The van der Waals surface area contributed by atoms with Crippen molar-refractivity contribution in [3.05, 3.63) is 114 Å².